The van der Waals surface area contributed by atoms with Gasteiger partial charge in [-0.15, -0.1) is 0 Å². The van der Waals surface area contributed by atoms with E-state index in [4.69, 9.17) is 20.2 Å². The number of cyclic esters (lactones) is 1. The van der Waals surface area contributed by atoms with Gasteiger partial charge in [0.25, 0.3) is 5.56 Å². The smallest absolute Gasteiger partial charge is 0.343 e. The highest BCUT2D eigenvalue weighted by Crippen LogP contribution is 2.40. The summed E-state index contributed by atoms with van der Waals surface area (Å²) in [5.74, 6) is -0.866. The number of rotatable bonds is 10. The van der Waals surface area contributed by atoms with E-state index in [-0.39, 0.29) is 42.9 Å². The van der Waals surface area contributed by atoms with Gasteiger partial charge in [-0.2, -0.15) is 0 Å². The van der Waals surface area contributed by atoms with E-state index in [1.54, 1.807) is 36.6 Å². The molecule has 0 saturated heterocycles. The summed E-state index contributed by atoms with van der Waals surface area (Å²) in [6.07, 6.45) is 0.770. The zero-order chi connectivity index (χ0) is 35.2. The van der Waals surface area contributed by atoms with Crippen LogP contribution in [0.2, 0.25) is 0 Å². The number of pyridine rings is 2. The summed E-state index contributed by atoms with van der Waals surface area (Å²) in [5.41, 5.74) is 9.71. The zero-order valence-corrected chi connectivity index (χ0v) is 28.3. The summed E-state index contributed by atoms with van der Waals surface area (Å²) in [6.45, 7) is 9.47. The largest absolute Gasteiger partial charge is 0.489 e. The van der Waals surface area contributed by atoms with Gasteiger partial charge in [0.2, 0.25) is 11.8 Å². The molecular weight excluding hydrogens is 626 g/mol. The van der Waals surface area contributed by atoms with Crippen LogP contribution in [0.3, 0.4) is 0 Å². The van der Waals surface area contributed by atoms with Crippen molar-refractivity contribution in [1.29, 1.82) is 0 Å². The molecular formula is C37H41N5O7. The second-order valence-electron chi connectivity index (χ2n) is 13.0. The number of aromatic nitrogens is 2. The normalized spacial score (nSPS) is 17.5. The third kappa shape index (κ3) is 6.06. The Labute approximate surface area is 283 Å². The minimum absolute atomic E-state index is 0.0440. The number of aryl methyl sites for hydroxylation is 1. The van der Waals surface area contributed by atoms with Gasteiger partial charge >= 0.3 is 5.97 Å². The number of esters is 1. The van der Waals surface area contributed by atoms with Crippen molar-refractivity contribution in [2.45, 2.75) is 84.9 Å². The third-order valence-corrected chi connectivity index (χ3v) is 9.53. The Morgan fingerprint density at radius 2 is 1.80 bits per heavy atom. The molecule has 49 heavy (non-hydrogen) atoms. The number of nitrogens with one attached hydrogen (secondary N) is 2. The molecule has 0 spiro atoms. The molecule has 0 fully saturated rings. The number of benzene rings is 2. The van der Waals surface area contributed by atoms with Crippen LogP contribution in [0.4, 0.5) is 5.69 Å². The molecule has 0 aliphatic carbocycles. The number of carbonyl (C=O) groups is 3. The first kappa shape index (κ1) is 33.8. The van der Waals surface area contributed by atoms with Crippen molar-refractivity contribution in [2.75, 3.05) is 5.32 Å². The number of hydrogen-bond donors (Lipinski definition) is 4. The zero-order valence-electron chi connectivity index (χ0n) is 28.3. The monoisotopic (exact) mass is 667 g/mol. The molecule has 12 heteroatoms. The molecule has 4 aromatic rings. The van der Waals surface area contributed by atoms with Crippen molar-refractivity contribution in [3.05, 3.63) is 86.7 Å². The van der Waals surface area contributed by atoms with Crippen LogP contribution in [0.5, 0.6) is 5.75 Å². The summed E-state index contributed by atoms with van der Waals surface area (Å²) in [6, 6.07) is 13.2. The lowest BCUT2D eigenvalue weighted by Crippen LogP contribution is -2.50. The van der Waals surface area contributed by atoms with Crippen molar-refractivity contribution in [2.24, 2.45) is 11.7 Å². The topological polar surface area (TPSA) is 175 Å². The third-order valence-electron chi connectivity index (χ3n) is 9.53. The molecule has 0 saturated carbocycles. The first-order chi connectivity index (χ1) is 23.4. The number of nitrogens with zero attached hydrogens (tertiary/aromatic N) is 2. The molecule has 0 unspecified atom stereocenters. The van der Waals surface area contributed by atoms with Crippen molar-refractivity contribution >= 4 is 34.4 Å². The average molecular weight is 668 g/mol. The number of ether oxygens (including phenoxy) is 2. The predicted molar refractivity (Wildman–Crippen MR) is 184 cm³/mol. The fourth-order valence-electron chi connectivity index (χ4n) is 6.41. The van der Waals surface area contributed by atoms with Gasteiger partial charge in [-0.05, 0) is 73.2 Å². The minimum Gasteiger partial charge on any atom is -0.489 e. The van der Waals surface area contributed by atoms with Gasteiger partial charge in [-0.3, -0.25) is 14.4 Å². The van der Waals surface area contributed by atoms with Crippen LogP contribution in [-0.4, -0.2) is 44.5 Å². The van der Waals surface area contributed by atoms with E-state index < -0.39 is 23.7 Å². The highest BCUT2D eigenvalue weighted by molar-refractivity contribution is 5.97. The van der Waals surface area contributed by atoms with Crippen molar-refractivity contribution in [3.8, 4) is 17.1 Å². The Morgan fingerprint density at radius 1 is 1.06 bits per heavy atom. The van der Waals surface area contributed by atoms with Crippen molar-refractivity contribution in [1.82, 2.24) is 14.9 Å². The van der Waals surface area contributed by atoms with Gasteiger partial charge in [-0.25, -0.2) is 9.78 Å². The number of aliphatic hydroxyl groups is 1. The molecule has 12 nitrogen and oxygen atoms in total. The quantitative estimate of drug-likeness (QED) is 0.162. The first-order valence-corrected chi connectivity index (χ1v) is 16.6. The minimum atomic E-state index is -1.88. The van der Waals surface area contributed by atoms with E-state index in [1.165, 1.54) is 0 Å². The molecule has 2 aliphatic heterocycles. The second-order valence-corrected chi connectivity index (χ2v) is 13.0. The Kier molecular flexibility index (Phi) is 9.03. The lowest BCUT2D eigenvalue weighted by Gasteiger charge is -2.31. The van der Waals surface area contributed by atoms with Crippen LogP contribution in [0.25, 0.3) is 22.3 Å². The number of nitrogens with two attached hydrogens (primary N) is 1. The summed E-state index contributed by atoms with van der Waals surface area (Å²) in [7, 11) is 0. The maximum absolute atomic E-state index is 13.6. The Balaban J connectivity index is 1.18. The van der Waals surface area contributed by atoms with Crippen LogP contribution >= 0.6 is 0 Å². The highest BCUT2D eigenvalue weighted by atomic mass is 16.6. The fourth-order valence-corrected chi connectivity index (χ4v) is 6.41. The van der Waals surface area contributed by atoms with Crippen molar-refractivity contribution in [3.63, 3.8) is 0 Å². The number of anilines is 1. The lowest BCUT2D eigenvalue weighted by atomic mass is 9.86. The molecule has 4 heterocycles. The molecule has 256 valence electrons. The van der Waals surface area contributed by atoms with Gasteiger partial charge in [-0.1, -0.05) is 39.8 Å². The molecule has 2 aromatic carbocycles. The number of carbonyl (C=O) groups excluding carboxylic acids is 3. The van der Waals surface area contributed by atoms with Gasteiger partial charge in [0.05, 0.1) is 35.1 Å². The van der Waals surface area contributed by atoms with Crippen LogP contribution in [0.1, 0.15) is 68.9 Å². The van der Waals surface area contributed by atoms with Crippen LogP contribution in [-0.2, 0) is 50.9 Å². The van der Waals surface area contributed by atoms with Crippen LogP contribution in [0.15, 0.2) is 53.3 Å². The first-order valence-electron chi connectivity index (χ1n) is 16.6. The van der Waals surface area contributed by atoms with E-state index >= 15 is 0 Å². The SMILES string of the molecule is CCc1c2c(nc3ccc(OCc4ccc(NC(=O)[C@H](C)NC(=O)[C@@H](N)C(C)C)cc4)cc13)-c1cc3c(c(=O)n1C2)COC(=O)[C@]3(O)CC. The standard InChI is InChI=1S/C37H41N5O7/c1-6-24-25-14-23(48-17-21-8-10-22(11-9-21)40-33(43)20(5)39-34(44)31(38)19(3)4)12-13-29(25)41-32-26(24)16-42-30(32)15-28-27(35(42)45)18-49-36(46)37(28,47)7-2/h8-15,19-20,31,47H,6-7,16-18,38H2,1-5H3,(H,39,44)(H,40,43)/t20-,31-,37-/m0/s1. The number of fused-ring (bicyclic) bond motifs is 5. The van der Waals surface area contributed by atoms with E-state index in [9.17, 15) is 24.3 Å². The molecule has 2 aromatic heterocycles. The summed E-state index contributed by atoms with van der Waals surface area (Å²) in [5, 5.41) is 17.5. The number of hydrogen-bond acceptors (Lipinski definition) is 9. The molecule has 2 amide bonds. The molecule has 0 bridgehead atoms. The highest BCUT2D eigenvalue weighted by Gasteiger charge is 2.45. The van der Waals surface area contributed by atoms with Gasteiger partial charge in [0, 0.05) is 22.2 Å². The molecule has 3 atom stereocenters. The van der Waals surface area contributed by atoms with Crippen molar-refractivity contribution < 1.29 is 29.0 Å². The lowest BCUT2D eigenvalue weighted by molar-refractivity contribution is -0.172. The Hall–Kier alpha value is -5.07. The Morgan fingerprint density at radius 3 is 2.47 bits per heavy atom. The van der Waals surface area contributed by atoms with E-state index in [2.05, 4.69) is 17.6 Å². The average Bonchev–Trinajstić information content (AvgIpc) is 3.46. The van der Waals surface area contributed by atoms with Gasteiger partial charge in [0.1, 0.15) is 25.0 Å². The maximum atomic E-state index is 13.6. The summed E-state index contributed by atoms with van der Waals surface area (Å²) >= 11 is 0. The summed E-state index contributed by atoms with van der Waals surface area (Å²) < 4.78 is 13.0. The maximum Gasteiger partial charge on any atom is 0.343 e. The summed E-state index contributed by atoms with van der Waals surface area (Å²) in [4.78, 5) is 55.9. The Bertz CT molecular complexity index is 2040. The van der Waals surface area contributed by atoms with E-state index in [1.807, 2.05) is 44.2 Å². The molecule has 6 rings (SSSR count). The predicted octanol–water partition coefficient (Wildman–Crippen LogP) is 3.65. The molecule has 5 N–H and O–H groups in total. The van der Waals surface area contributed by atoms with Crippen LogP contribution in [0, 0.1) is 5.92 Å². The fraction of sp³-hybridized carbons (Fsp3) is 0.378. The molecule has 0 radical (unpaired) electrons. The van der Waals surface area contributed by atoms with Gasteiger partial charge in [0.15, 0.2) is 5.60 Å². The van der Waals surface area contributed by atoms with E-state index in [0.717, 1.165) is 27.6 Å². The van der Waals surface area contributed by atoms with E-state index in [0.29, 0.717) is 46.9 Å². The van der Waals surface area contributed by atoms with Gasteiger partial charge < -0.3 is 35.5 Å². The molecule has 2 aliphatic rings. The second kappa shape index (κ2) is 13.1. The number of amides is 2. The van der Waals surface area contributed by atoms with Crippen LogP contribution < -0.4 is 26.7 Å².